The van der Waals surface area contributed by atoms with E-state index in [4.69, 9.17) is 9.57 Å². The van der Waals surface area contributed by atoms with Gasteiger partial charge >= 0.3 is 25.7 Å². The molecule has 0 unspecified atom stereocenters. The molecule has 0 saturated heterocycles. The Morgan fingerprint density at radius 1 is 1.80 bits per heavy atom. The molecule has 0 radical (unpaired) electrons. The predicted octanol–water partition coefficient (Wildman–Crippen LogP) is -0.181. The Morgan fingerprint density at radius 3 is 2.30 bits per heavy atom. The van der Waals surface area contributed by atoms with Crippen LogP contribution in [0, 0.1) is 0 Å². The van der Waals surface area contributed by atoms with Crippen LogP contribution in [0.15, 0.2) is 0 Å². The minimum absolute atomic E-state index is 0.242. The van der Waals surface area contributed by atoms with Gasteiger partial charge in [-0.15, -0.1) is 0 Å². The molecular formula is C3H6ClFeNO3S. The zero-order chi connectivity index (χ0) is 8.57. The number of thiol groups is 1. The van der Waals surface area contributed by atoms with E-state index in [9.17, 15) is 4.79 Å². The minimum atomic E-state index is -0.712. The van der Waals surface area contributed by atoms with Crippen LogP contribution in [0.5, 0.6) is 0 Å². The van der Waals surface area contributed by atoms with Crippen LogP contribution >= 0.6 is 24.5 Å². The fourth-order valence-electron chi connectivity index (χ4n) is 0.132. The Bertz CT molecular complexity index is 106. The molecule has 10 heavy (non-hydrogen) atoms. The van der Waals surface area contributed by atoms with Gasteiger partial charge in [-0.1, -0.05) is 0 Å². The molecular weight excluding hydrogens is 221 g/mol. The summed E-state index contributed by atoms with van der Waals surface area (Å²) < 4.78 is 11.8. The van der Waals surface area contributed by atoms with Crippen molar-refractivity contribution in [3.05, 3.63) is 0 Å². The third-order valence-electron chi connectivity index (χ3n) is 0.575. The average molecular weight is 227 g/mol. The number of rotatable bonds is 2. The molecule has 0 heterocycles. The zero-order valence-corrected chi connectivity index (χ0v) is 7.52. The van der Waals surface area contributed by atoms with Crippen molar-refractivity contribution in [2.24, 2.45) is 5.73 Å². The van der Waals surface area contributed by atoms with Crippen LogP contribution in [0.1, 0.15) is 0 Å². The van der Waals surface area contributed by atoms with Gasteiger partial charge in [-0.2, -0.15) is 12.6 Å². The van der Waals surface area contributed by atoms with E-state index in [0.29, 0.717) is 0 Å². The molecule has 0 aromatic carbocycles. The first-order valence-corrected chi connectivity index (χ1v) is 3.45. The van der Waals surface area contributed by atoms with Crippen molar-refractivity contribution < 1.29 is 28.9 Å². The predicted molar refractivity (Wildman–Crippen MR) is 34.5 cm³/mol. The Morgan fingerprint density at radius 2 is 2.20 bits per heavy atom. The topological polar surface area (TPSA) is 69.4 Å². The first-order valence-electron chi connectivity index (χ1n) is 2.05. The summed E-state index contributed by atoms with van der Waals surface area (Å²) in [4.78, 5) is 10.2. The number of carbonyl (C=O) groups excluding carboxylic acids is 1. The molecule has 7 heteroatoms. The maximum absolute atomic E-state index is 10.2. The first-order chi connectivity index (χ1) is 4.72. The molecule has 1 atom stereocenters. The van der Waals surface area contributed by atoms with Crippen molar-refractivity contribution in [2.75, 3.05) is 5.75 Å². The van der Waals surface area contributed by atoms with Crippen molar-refractivity contribution in [2.45, 2.75) is 6.04 Å². The summed E-state index contributed by atoms with van der Waals surface area (Å²) in [6, 6.07) is -0.712. The van der Waals surface area contributed by atoms with E-state index >= 15 is 0 Å². The van der Waals surface area contributed by atoms with E-state index in [1.54, 1.807) is 0 Å². The number of nitrogens with two attached hydrogens (primary N) is 1. The summed E-state index contributed by atoms with van der Waals surface area (Å²) >= 11 is 10.4. The summed E-state index contributed by atoms with van der Waals surface area (Å²) in [5.74, 6) is -0.410. The first kappa shape index (κ1) is 13.0. The van der Waals surface area contributed by atoms with Gasteiger partial charge in [0, 0.05) is 5.75 Å². The van der Waals surface area contributed by atoms with Crippen molar-refractivity contribution in [3.63, 3.8) is 0 Å². The standard InChI is InChI=1S/C3H6ClNO2S.Fe.O/c4-7-3(6)2(5)1-8;;/h2,8H,1,5H2;;/t2-;;/m0../s1. The van der Waals surface area contributed by atoms with Crippen molar-refractivity contribution >= 4 is 30.5 Å². The van der Waals surface area contributed by atoms with Gasteiger partial charge in [-0.05, 0) is 0 Å². The molecule has 0 aliphatic rings. The van der Waals surface area contributed by atoms with Gasteiger partial charge in [0.2, 0.25) is 0 Å². The van der Waals surface area contributed by atoms with Crippen molar-refractivity contribution in [1.29, 1.82) is 0 Å². The van der Waals surface area contributed by atoms with Crippen LogP contribution in [0.25, 0.3) is 0 Å². The molecule has 0 saturated carbocycles. The summed E-state index contributed by atoms with van der Waals surface area (Å²) in [5, 5.41) is 0. The average Bonchev–Trinajstić information content (AvgIpc) is 2.05. The molecule has 0 aromatic heterocycles. The Hall–Kier alpha value is 0.389. The van der Waals surface area contributed by atoms with Crippen LogP contribution in [0.2, 0.25) is 0 Å². The molecule has 0 aliphatic carbocycles. The maximum atomic E-state index is 10.2. The quantitative estimate of drug-likeness (QED) is 0.507. The Labute approximate surface area is 77.0 Å². The van der Waals surface area contributed by atoms with E-state index in [2.05, 4.69) is 28.8 Å². The van der Waals surface area contributed by atoms with Crippen molar-refractivity contribution in [3.8, 4) is 0 Å². The number of carbonyl (C=O) groups is 1. The van der Waals surface area contributed by atoms with E-state index < -0.39 is 12.0 Å². The monoisotopic (exact) mass is 227 g/mol. The SMILES string of the molecule is N[C@@H](CS)C(=O)OCl.[O]=[Fe]. The van der Waals surface area contributed by atoms with Gasteiger partial charge in [0.25, 0.3) is 0 Å². The summed E-state index contributed by atoms with van der Waals surface area (Å²) in [6.45, 7) is 0. The molecule has 4 nitrogen and oxygen atoms in total. The third kappa shape index (κ3) is 6.51. The molecule has 0 bridgehead atoms. The van der Waals surface area contributed by atoms with Gasteiger partial charge in [0.05, 0.1) is 0 Å². The van der Waals surface area contributed by atoms with E-state index in [1.165, 1.54) is 0 Å². The van der Waals surface area contributed by atoms with Gasteiger partial charge in [0.15, 0.2) is 0 Å². The number of hydrogen-bond acceptors (Lipinski definition) is 5. The number of hydrogen-bond donors (Lipinski definition) is 2. The van der Waals surface area contributed by atoms with Gasteiger partial charge in [-0.25, -0.2) is 4.79 Å². The Balaban J connectivity index is 0. The molecule has 0 amide bonds. The summed E-state index contributed by atoms with van der Waals surface area (Å²) in [5.41, 5.74) is 5.09. The molecule has 0 rings (SSSR count). The molecule has 62 valence electrons. The van der Waals surface area contributed by atoms with Crippen LogP contribution in [0.3, 0.4) is 0 Å². The van der Waals surface area contributed by atoms with Crippen LogP contribution < -0.4 is 5.73 Å². The van der Waals surface area contributed by atoms with Crippen LogP contribution in [0.4, 0.5) is 0 Å². The fourth-order valence-corrected chi connectivity index (χ4v) is 0.395. The second kappa shape index (κ2) is 9.39. The van der Waals surface area contributed by atoms with Crippen molar-refractivity contribution in [1.82, 2.24) is 0 Å². The second-order valence-electron chi connectivity index (χ2n) is 1.19. The zero-order valence-electron chi connectivity index (χ0n) is 4.77. The van der Waals surface area contributed by atoms with Crippen LogP contribution in [-0.4, -0.2) is 17.8 Å². The molecule has 0 aromatic rings. The third-order valence-corrected chi connectivity index (χ3v) is 1.12. The van der Waals surface area contributed by atoms with Gasteiger partial charge in [0.1, 0.15) is 17.9 Å². The van der Waals surface area contributed by atoms with E-state index in [1.807, 2.05) is 15.9 Å². The summed E-state index contributed by atoms with van der Waals surface area (Å²) in [7, 11) is 0. The molecule has 2 N–H and O–H groups in total. The van der Waals surface area contributed by atoms with Gasteiger partial charge in [-0.3, -0.25) is 0 Å². The fraction of sp³-hybridized carbons (Fsp3) is 0.667. The number of halogens is 1. The molecule has 0 spiro atoms. The van der Waals surface area contributed by atoms with E-state index in [0.717, 1.165) is 0 Å². The van der Waals surface area contributed by atoms with Crippen LogP contribution in [-0.2, 0) is 28.9 Å². The van der Waals surface area contributed by atoms with E-state index in [-0.39, 0.29) is 5.75 Å². The molecule has 0 aliphatic heterocycles. The summed E-state index contributed by atoms with van der Waals surface area (Å²) in [6.07, 6.45) is 0. The molecule has 0 fully saturated rings. The second-order valence-corrected chi connectivity index (χ2v) is 1.70. The van der Waals surface area contributed by atoms with Gasteiger partial charge < -0.3 is 10.0 Å². The Kier molecular flexibility index (Phi) is 12.2. The normalized spacial score (nSPS) is 10.8.